The minimum absolute atomic E-state index is 0.0237. The van der Waals surface area contributed by atoms with E-state index in [1.165, 1.54) is 66.2 Å². The van der Waals surface area contributed by atoms with E-state index >= 15 is 0 Å². The molecule has 5 N–H and O–H groups in total. The van der Waals surface area contributed by atoms with Crippen LogP contribution in [0.5, 0.6) is 11.5 Å². The fourth-order valence-corrected chi connectivity index (χ4v) is 10.7. The van der Waals surface area contributed by atoms with Gasteiger partial charge in [-0.05, 0) is 38.8 Å². The molecule has 1 amide bonds. The number of thioether (sulfide) groups is 1. The number of aryl methyl sites for hydroxylation is 1. The number of allylic oxidation sites excluding steroid dienone is 4. The molecule has 0 saturated carbocycles. The van der Waals surface area contributed by atoms with Gasteiger partial charge in [0.15, 0.2) is 0 Å². The van der Waals surface area contributed by atoms with Crippen LogP contribution in [-0.2, 0) is 47.6 Å². The van der Waals surface area contributed by atoms with Gasteiger partial charge >= 0.3 is 29.4 Å². The lowest BCUT2D eigenvalue weighted by Crippen LogP contribution is -2.46. The zero-order valence-corrected chi connectivity index (χ0v) is 46.7. The van der Waals surface area contributed by atoms with Crippen LogP contribution in [0.25, 0.3) is 10.4 Å². The minimum Gasteiger partial charge on any atom is -0.507 e. The van der Waals surface area contributed by atoms with E-state index < -0.39 is 147 Å². The fraction of sp³-hybridized carbons (Fsp3) is 0.537. The number of ketones is 3. The van der Waals surface area contributed by atoms with Crippen molar-refractivity contribution in [2.75, 3.05) is 26.1 Å². The Morgan fingerprint density at radius 1 is 0.938 bits per heavy atom. The van der Waals surface area contributed by atoms with Crippen molar-refractivity contribution in [3.8, 4) is 11.5 Å². The molecule has 1 aromatic heterocycles. The van der Waals surface area contributed by atoms with Crippen molar-refractivity contribution < 1.29 is 82.0 Å². The summed E-state index contributed by atoms with van der Waals surface area (Å²) in [4.78, 5) is 125. The molecule has 0 unspecified atom stereocenters. The number of esters is 3. The number of Topliss-reactive ketones (excluding diaryl/α,β-unsaturated/α-hetero) is 3. The number of carbonyl (C=O) groups excluding carboxylic acids is 7. The van der Waals surface area contributed by atoms with Crippen LogP contribution in [0.2, 0.25) is 0 Å². The van der Waals surface area contributed by atoms with Crippen molar-refractivity contribution in [1.29, 1.82) is 0 Å². The number of hydrogen-bond donors (Lipinski definition) is 5. The molecule has 5 aliphatic rings. The van der Waals surface area contributed by atoms with Gasteiger partial charge in [0.25, 0.3) is 17.2 Å². The Balaban J connectivity index is 1.20. The number of phenolic OH excluding ortho intramolecular Hbond substituents is 1. The number of carbonyl (C=O) groups is 7. The van der Waals surface area contributed by atoms with Crippen LogP contribution in [0, 0.1) is 37.5 Å². The third kappa shape index (κ3) is 13.4. The molecular weight excluding hydrogens is 1070 g/mol. The maximum atomic E-state index is 14.8. The number of rotatable bonds is 14. The second-order valence-corrected chi connectivity index (χ2v) is 21.3. The maximum Gasteiger partial charge on any atom is 0.330 e. The van der Waals surface area contributed by atoms with Crippen molar-refractivity contribution in [1.82, 2.24) is 14.9 Å². The van der Waals surface area contributed by atoms with Crippen molar-refractivity contribution in [2.24, 2.45) is 28.8 Å². The molecule has 80 heavy (non-hydrogen) atoms. The topological polar surface area (TPSA) is 360 Å². The number of nitrogens with zero attached hydrogens (tertiary/aromatic N) is 4. The van der Waals surface area contributed by atoms with Gasteiger partial charge in [0.2, 0.25) is 11.6 Å². The Morgan fingerprint density at radius 2 is 1.62 bits per heavy atom. The number of aromatic hydroxyl groups is 1. The smallest absolute Gasteiger partial charge is 0.330 e. The average Bonchev–Trinajstić information content (AvgIpc) is 4.16. The molecule has 5 heterocycles. The highest BCUT2D eigenvalue weighted by atomic mass is 32.2. The number of fused-ring (bicyclic) bond motifs is 14. The number of phenols is 1. The SMILES string of the molecule is CO[C@H]1C=CO[C@@]2(C)Oc3c(C)c(O)c4c(c3C2=O)C(=O)C(SCCOC(=O)CCCC(=O)OC[C@H]2O[C@@H](n3cc(C)c(=O)[nH]c3=O)C[C@@H]2N=[N+]=[N-])=C(NC(=O)/C(C)=C\C=C/[C@H](C)[C@H](O)[C@@H](C)[C@@H](O)[C@@H](C)[C@H](OC(C)=O)[C@@H]1C)C4=O. The molecule has 1 saturated heterocycles. The largest absolute Gasteiger partial charge is 0.507 e. The van der Waals surface area contributed by atoms with Gasteiger partial charge in [0, 0.05) is 97.5 Å². The van der Waals surface area contributed by atoms with Crippen molar-refractivity contribution in [3.63, 3.8) is 0 Å². The first kappa shape index (κ1) is 61.9. The van der Waals surface area contributed by atoms with Crippen molar-refractivity contribution in [3.05, 3.63) is 112 Å². The van der Waals surface area contributed by atoms with Crippen LogP contribution in [0.3, 0.4) is 0 Å². The Kier molecular flexibility index (Phi) is 20.3. The second-order valence-electron chi connectivity index (χ2n) is 20.2. The van der Waals surface area contributed by atoms with Crippen LogP contribution in [-0.4, -0.2) is 134 Å². The van der Waals surface area contributed by atoms with Gasteiger partial charge in [0.05, 0.1) is 52.2 Å². The van der Waals surface area contributed by atoms with E-state index in [0.29, 0.717) is 11.8 Å². The summed E-state index contributed by atoms with van der Waals surface area (Å²) in [5.41, 5.74) is 5.89. The zero-order valence-electron chi connectivity index (χ0n) is 45.8. The number of methoxy groups -OCH3 is 1. The molecule has 1 aromatic carbocycles. The number of hydrogen-bond acceptors (Lipinski definition) is 21. The van der Waals surface area contributed by atoms with Gasteiger partial charge in [-0.15, -0.1) is 11.8 Å². The van der Waals surface area contributed by atoms with E-state index in [4.69, 9.17) is 38.7 Å². The summed E-state index contributed by atoms with van der Waals surface area (Å²) in [7, 11) is 1.38. The van der Waals surface area contributed by atoms with Gasteiger partial charge in [-0.2, -0.15) is 0 Å². The van der Waals surface area contributed by atoms with Gasteiger partial charge in [-0.25, -0.2) is 4.79 Å². The summed E-state index contributed by atoms with van der Waals surface area (Å²) in [6, 6.07) is -0.824. The predicted octanol–water partition coefficient (Wildman–Crippen LogP) is 4.77. The lowest BCUT2D eigenvalue weighted by atomic mass is 9.78. The number of ether oxygens (including phenoxy) is 7. The van der Waals surface area contributed by atoms with E-state index in [1.54, 1.807) is 33.8 Å². The van der Waals surface area contributed by atoms with E-state index in [1.807, 2.05) is 0 Å². The lowest BCUT2D eigenvalue weighted by Gasteiger charge is -2.38. The van der Waals surface area contributed by atoms with E-state index in [2.05, 4.69) is 20.3 Å². The van der Waals surface area contributed by atoms with E-state index in [-0.39, 0.29) is 77.6 Å². The monoisotopic (exact) mass is 1130 g/mol. The second kappa shape index (κ2) is 26.3. The highest BCUT2D eigenvalue weighted by molar-refractivity contribution is 8.04. The van der Waals surface area contributed by atoms with Gasteiger partial charge in [-0.3, -0.25) is 47.9 Å². The first-order valence-electron chi connectivity index (χ1n) is 25.8. The van der Waals surface area contributed by atoms with Crippen LogP contribution >= 0.6 is 11.8 Å². The maximum absolute atomic E-state index is 14.8. The number of aromatic nitrogens is 2. The van der Waals surface area contributed by atoms with Crippen molar-refractivity contribution >= 4 is 52.9 Å². The Morgan fingerprint density at radius 3 is 2.29 bits per heavy atom. The summed E-state index contributed by atoms with van der Waals surface area (Å²) < 4.78 is 41.2. The van der Waals surface area contributed by atoms with Crippen molar-refractivity contribution in [2.45, 2.75) is 137 Å². The number of aliphatic hydroxyl groups is 2. The summed E-state index contributed by atoms with van der Waals surface area (Å²) in [6.07, 6.45) is 1.78. The Labute approximate surface area is 463 Å². The molecule has 12 atom stereocenters. The molecule has 432 valence electrons. The number of H-pyrrole nitrogens is 1. The van der Waals surface area contributed by atoms with E-state index in [0.717, 1.165) is 10.8 Å². The fourth-order valence-electron chi connectivity index (χ4n) is 9.82. The van der Waals surface area contributed by atoms with E-state index in [9.17, 15) is 58.5 Å². The van der Waals surface area contributed by atoms with Crippen LogP contribution < -0.4 is 21.3 Å². The number of aromatic amines is 1. The molecular formula is C54H66N6O19S. The average molecular weight is 1140 g/mol. The molecule has 7 rings (SSSR count). The number of azide groups is 1. The molecule has 4 aliphatic heterocycles. The molecule has 0 spiro atoms. The Bertz CT molecular complexity index is 3100. The molecule has 0 radical (unpaired) electrons. The Hall–Kier alpha value is -7.35. The molecule has 2 aromatic rings. The van der Waals surface area contributed by atoms with Gasteiger partial charge in [-0.1, -0.05) is 51.0 Å². The van der Waals surface area contributed by atoms with Crippen LogP contribution in [0.15, 0.2) is 67.6 Å². The number of amides is 1. The predicted molar refractivity (Wildman–Crippen MR) is 284 cm³/mol. The minimum atomic E-state index is -2.20. The summed E-state index contributed by atoms with van der Waals surface area (Å²) in [6.45, 7) is 12.7. The summed E-state index contributed by atoms with van der Waals surface area (Å²) in [5, 5.41) is 40.8. The first-order valence-corrected chi connectivity index (χ1v) is 26.7. The van der Waals surface area contributed by atoms with Crippen LogP contribution in [0.1, 0.15) is 123 Å². The third-order valence-corrected chi connectivity index (χ3v) is 15.6. The highest BCUT2D eigenvalue weighted by Crippen LogP contribution is 2.49. The summed E-state index contributed by atoms with van der Waals surface area (Å²) in [5.74, 6) is -12.0. The van der Waals surface area contributed by atoms with Gasteiger partial charge < -0.3 is 53.8 Å². The molecule has 5 bridgehead atoms. The highest BCUT2D eigenvalue weighted by Gasteiger charge is 2.53. The standard InChI is InChI=1S/C54H66N6O19S/c1-24-13-11-14-25(2)51(70)56-41-45(67)39-38(40-48(30(7)44(39)66)79-54(9,50(40)69)76-18-17-33(73-10)27(4)47(77-31(8)61)29(6)43(65)28(5)42(24)64)46(68)49(41)80-20-19-74-36(62)15-12-16-37(63)75-23-34-32(58-59-55)21-35(78-34)60-22-26(3)52(71)57-53(60)72/h11,13-14,17-18,22,24,27-29,32-35,42-43,47,64-66H,12,15-16,19-21,23H2,1-10H3,(H,56,70)(H,57,71,72)/b13-11-,18-17?,25-14-/t24-,27+,28+,29+,32-,33-,34+,35+,42-,43+,47+,54-/m0/s1. The number of benzene rings is 1. The number of nitrogens with one attached hydrogen (secondary N) is 2. The quantitative estimate of drug-likeness (QED) is 0.0424. The lowest BCUT2D eigenvalue weighted by molar-refractivity contribution is -0.160. The molecule has 25 nitrogen and oxygen atoms in total. The summed E-state index contributed by atoms with van der Waals surface area (Å²) >= 11 is 0.710. The number of aliphatic hydroxyl groups excluding tert-OH is 2. The molecule has 26 heteroatoms. The molecule has 1 aliphatic carbocycles. The van der Waals surface area contributed by atoms with Gasteiger partial charge in [0.1, 0.15) is 48.8 Å². The third-order valence-electron chi connectivity index (χ3n) is 14.5. The van der Waals surface area contributed by atoms with Crippen LogP contribution in [0.4, 0.5) is 0 Å². The first-order chi connectivity index (χ1) is 37.8. The molecule has 1 fully saturated rings. The zero-order chi connectivity index (χ0) is 59.1. The normalized spacial score (nSPS) is 29.1.